The molecule has 0 atom stereocenters. The van der Waals surface area contributed by atoms with E-state index in [-0.39, 0.29) is 12.1 Å². The summed E-state index contributed by atoms with van der Waals surface area (Å²) in [5.41, 5.74) is 4.31. The Balaban J connectivity index is 1.71. The summed E-state index contributed by atoms with van der Waals surface area (Å²) >= 11 is 0. The van der Waals surface area contributed by atoms with Crippen molar-refractivity contribution in [2.24, 2.45) is 7.05 Å². The van der Waals surface area contributed by atoms with Crippen LogP contribution in [-0.2, 0) is 16.6 Å². The Morgan fingerprint density at radius 2 is 1.84 bits per heavy atom. The third-order valence-electron chi connectivity index (χ3n) is 5.46. The van der Waals surface area contributed by atoms with Gasteiger partial charge in [-0.25, -0.2) is 0 Å². The van der Waals surface area contributed by atoms with Crippen molar-refractivity contribution in [1.82, 2.24) is 9.47 Å². The van der Waals surface area contributed by atoms with Crippen molar-refractivity contribution in [2.75, 3.05) is 6.54 Å². The maximum atomic E-state index is 12.8. The van der Waals surface area contributed by atoms with E-state index < -0.39 is 11.8 Å². The fraction of sp³-hybridized carbons (Fsp3) is 0.160. The first-order valence-electron chi connectivity index (χ1n) is 9.96. The number of carbonyl (C=O) groups is 2. The molecule has 0 unspecified atom stereocenters. The minimum atomic E-state index is -0.552. The van der Waals surface area contributed by atoms with Gasteiger partial charge in [0, 0.05) is 37.0 Å². The Kier molecular flexibility index (Phi) is 5.18. The van der Waals surface area contributed by atoms with Gasteiger partial charge in [0.25, 0.3) is 11.8 Å². The van der Waals surface area contributed by atoms with E-state index in [1.54, 1.807) is 19.9 Å². The summed E-state index contributed by atoms with van der Waals surface area (Å²) in [5.74, 6) is -0.482. The molecule has 0 saturated carbocycles. The van der Waals surface area contributed by atoms with Crippen molar-refractivity contribution in [3.63, 3.8) is 0 Å². The highest BCUT2D eigenvalue weighted by atomic mass is 16.3. The number of amides is 2. The third kappa shape index (κ3) is 3.51. The summed E-state index contributed by atoms with van der Waals surface area (Å²) in [5, 5.41) is 9.37. The van der Waals surface area contributed by atoms with E-state index in [2.05, 4.69) is 0 Å². The molecule has 0 fully saturated rings. The van der Waals surface area contributed by atoms with Crippen LogP contribution >= 0.6 is 0 Å². The lowest BCUT2D eigenvalue weighted by Gasteiger charge is -2.25. The first kappa shape index (κ1) is 20.2. The fourth-order valence-corrected chi connectivity index (χ4v) is 3.69. The van der Waals surface area contributed by atoms with Gasteiger partial charge in [-0.3, -0.25) is 14.5 Å². The van der Waals surface area contributed by atoms with E-state index in [0.717, 1.165) is 21.7 Å². The summed E-state index contributed by atoms with van der Waals surface area (Å²) in [4.78, 5) is 26.2. The number of likely N-dealkylation sites (N-methyl/N-ethyl adjacent to an activating group) is 1. The molecule has 0 radical (unpaired) electrons. The lowest BCUT2D eigenvalue weighted by molar-refractivity contribution is -0.140. The van der Waals surface area contributed by atoms with Crippen LogP contribution < -0.4 is 0 Å². The maximum absolute atomic E-state index is 12.8. The molecule has 4 rings (SSSR count). The monoisotopic (exact) mass is 411 g/mol. The van der Waals surface area contributed by atoms with E-state index in [1.807, 2.05) is 72.3 Å². The molecule has 0 spiro atoms. The number of fused-ring (bicyclic) bond motifs is 1. The molecular weight excluding hydrogens is 390 g/mol. The molecule has 1 aliphatic heterocycles. The summed E-state index contributed by atoms with van der Waals surface area (Å²) in [6.45, 7) is 3.52. The molecule has 0 saturated heterocycles. The minimum absolute atomic E-state index is 0.0165. The maximum Gasteiger partial charge on any atom is 0.271 e. The SMILES string of the molecule is CCN1C(=O)C(C#N)=C(C)/C(=C/c2cc3c(cc(/C=C/c4ccccc4)n3C)o2)C1=O. The molecule has 3 heterocycles. The van der Waals surface area contributed by atoms with Crippen LogP contribution in [0.5, 0.6) is 0 Å². The summed E-state index contributed by atoms with van der Waals surface area (Å²) in [6, 6.07) is 15.7. The Bertz CT molecular complexity index is 1330. The highest BCUT2D eigenvalue weighted by molar-refractivity contribution is 6.19. The Morgan fingerprint density at radius 3 is 2.48 bits per heavy atom. The number of furan rings is 1. The largest absolute Gasteiger partial charge is 0.455 e. The Morgan fingerprint density at radius 1 is 1.10 bits per heavy atom. The fourth-order valence-electron chi connectivity index (χ4n) is 3.69. The van der Waals surface area contributed by atoms with Gasteiger partial charge in [-0.05, 0) is 37.1 Å². The topological polar surface area (TPSA) is 79.2 Å². The number of rotatable bonds is 4. The molecule has 1 aromatic carbocycles. The highest BCUT2D eigenvalue weighted by Gasteiger charge is 2.34. The summed E-state index contributed by atoms with van der Waals surface area (Å²) < 4.78 is 7.96. The minimum Gasteiger partial charge on any atom is -0.455 e. The summed E-state index contributed by atoms with van der Waals surface area (Å²) in [6.07, 6.45) is 5.65. The molecule has 0 N–H and O–H groups in total. The van der Waals surface area contributed by atoms with Crippen molar-refractivity contribution < 1.29 is 14.0 Å². The van der Waals surface area contributed by atoms with E-state index in [1.165, 1.54) is 0 Å². The molecule has 1 aliphatic rings. The number of aryl methyl sites for hydroxylation is 1. The average molecular weight is 411 g/mol. The number of nitrogens with zero attached hydrogens (tertiary/aromatic N) is 3. The highest BCUT2D eigenvalue weighted by Crippen LogP contribution is 2.30. The molecule has 6 nitrogen and oxygen atoms in total. The smallest absolute Gasteiger partial charge is 0.271 e. The van der Waals surface area contributed by atoms with E-state index in [9.17, 15) is 14.9 Å². The predicted octanol–water partition coefficient (Wildman–Crippen LogP) is 4.55. The predicted molar refractivity (Wildman–Crippen MR) is 119 cm³/mol. The second-order valence-corrected chi connectivity index (χ2v) is 7.29. The van der Waals surface area contributed by atoms with Gasteiger partial charge in [-0.2, -0.15) is 5.26 Å². The van der Waals surface area contributed by atoms with E-state index >= 15 is 0 Å². The standard InChI is InChI=1S/C25H21N3O3/c1-4-28-24(29)20(16(2)21(15-26)25(28)30)13-19-14-22-23(31-19)12-18(27(22)3)11-10-17-8-6-5-7-9-17/h5-14H,4H2,1-3H3/b11-10+,20-13-. The van der Waals surface area contributed by atoms with Crippen LogP contribution in [0.3, 0.4) is 0 Å². The number of hydrogen-bond acceptors (Lipinski definition) is 4. The van der Waals surface area contributed by atoms with Crippen LogP contribution in [0.25, 0.3) is 29.3 Å². The average Bonchev–Trinajstić information content (AvgIpc) is 3.29. The zero-order valence-corrected chi connectivity index (χ0v) is 17.5. The van der Waals surface area contributed by atoms with Crippen LogP contribution in [0.4, 0.5) is 0 Å². The molecular formula is C25H21N3O3. The van der Waals surface area contributed by atoms with Crippen molar-refractivity contribution in [2.45, 2.75) is 13.8 Å². The molecule has 0 aliphatic carbocycles. The van der Waals surface area contributed by atoms with Gasteiger partial charge >= 0.3 is 0 Å². The zero-order chi connectivity index (χ0) is 22.1. The molecule has 6 heteroatoms. The Labute approximate surface area is 180 Å². The van der Waals surface area contributed by atoms with Crippen LogP contribution in [0.2, 0.25) is 0 Å². The number of benzene rings is 1. The first-order valence-corrected chi connectivity index (χ1v) is 9.96. The summed E-state index contributed by atoms with van der Waals surface area (Å²) in [7, 11) is 1.95. The van der Waals surface area contributed by atoms with Crippen molar-refractivity contribution >= 4 is 41.1 Å². The van der Waals surface area contributed by atoms with Gasteiger partial charge in [0.15, 0.2) is 5.58 Å². The van der Waals surface area contributed by atoms with Gasteiger partial charge in [-0.15, -0.1) is 0 Å². The lowest BCUT2D eigenvalue weighted by Crippen LogP contribution is -2.42. The Hall–Kier alpha value is -4.11. The van der Waals surface area contributed by atoms with Crippen molar-refractivity contribution in [3.05, 3.63) is 76.2 Å². The number of aromatic nitrogens is 1. The van der Waals surface area contributed by atoms with Crippen LogP contribution in [0, 0.1) is 11.3 Å². The number of nitriles is 1. The van der Waals surface area contributed by atoms with Gasteiger partial charge in [0.05, 0.1) is 5.52 Å². The lowest BCUT2D eigenvalue weighted by atomic mass is 9.95. The second-order valence-electron chi connectivity index (χ2n) is 7.29. The normalized spacial score (nSPS) is 16.2. The first-order chi connectivity index (χ1) is 14.9. The van der Waals surface area contributed by atoms with E-state index in [4.69, 9.17) is 4.42 Å². The van der Waals surface area contributed by atoms with Crippen molar-refractivity contribution in [3.8, 4) is 6.07 Å². The molecule has 3 aromatic rings. The van der Waals surface area contributed by atoms with Crippen LogP contribution in [-0.4, -0.2) is 27.8 Å². The van der Waals surface area contributed by atoms with Gasteiger partial charge in [-0.1, -0.05) is 36.4 Å². The second kappa shape index (κ2) is 7.96. The number of imide groups is 1. The molecule has 2 aromatic heterocycles. The van der Waals surface area contributed by atoms with Crippen LogP contribution in [0.15, 0.2) is 63.6 Å². The molecule has 2 amide bonds. The van der Waals surface area contributed by atoms with Gasteiger partial charge in [0.2, 0.25) is 0 Å². The van der Waals surface area contributed by atoms with Gasteiger partial charge in [0.1, 0.15) is 17.4 Å². The third-order valence-corrected chi connectivity index (χ3v) is 5.46. The number of hydrogen-bond donors (Lipinski definition) is 0. The molecule has 31 heavy (non-hydrogen) atoms. The van der Waals surface area contributed by atoms with E-state index in [0.29, 0.717) is 22.5 Å². The molecule has 0 bridgehead atoms. The van der Waals surface area contributed by atoms with Crippen molar-refractivity contribution in [1.29, 1.82) is 5.26 Å². The number of carbonyl (C=O) groups excluding carboxylic acids is 2. The molecule has 154 valence electrons. The zero-order valence-electron chi connectivity index (χ0n) is 17.5. The quantitative estimate of drug-likeness (QED) is 0.466. The van der Waals surface area contributed by atoms with Gasteiger partial charge < -0.3 is 8.98 Å². The van der Waals surface area contributed by atoms with Crippen LogP contribution in [0.1, 0.15) is 30.9 Å².